The van der Waals surface area contributed by atoms with Gasteiger partial charge in [-0.1, -0.05) is 220 Å². The molecule has 1 nitrogen and oxygen atoms in total. The monoisotopic (exact) mass is 641 g/mol. The minimum absolute atomic E-state index is 1.18. The summed E-state index contributed by atoms with van der Waals surface area (Å²) in [5, 5.41) is 0. The first-order valence-electron chi connectivity index (χ1n) is 21.8. The van der Waals surface area contributed by atoms with Crippen LogP contribution in [0.5, 0.6) is 0 Å². The molecule has 46 heavy (non-hydrogen) atoms. The smallest absolute Gasteiger partial charge is 0.172 e. The zero-order valence-electron chi connectivity index (χ0n) is 32.3. The Labute approximate surface area is 291 Å². The number of hydrogen-bond acceptors (Lipinski definition) is 0. The molecule has 270 valence electrons. The summed E-state index contributed by atoms with van der Waals surface area (Å²) < 4.78 is 2.47. The minimum Gasteiger partial charge on any atom is -0.205 e. The Morgan fingerprint density at radius 1 is 0.326 bits per heavy atom. The van der Waals surface area contributed by atoms with E-state index in [4.69, 9.17) is 0 Å². The fourth-order valence-electron chi connectivity index (χ4n) is 7.29. The van der Waals surface area contributed by atoms with Crippen molar-refractivity contribution in [3.05, 3.63) is 29.6 Å². The maximum absolute atomic E-state index is 2.52. The van der Waals surface area contributed by atoms with Crippen molar-refractivity contribution in [1.82, 2.24) is 0 Å². The lowest BCUT2D eigenvalue weighted by Gasteiger charge is -2.09. The van der Waals surface area contributed by atoms with Gasteiger partial charge in [0.05, 0.1) is 0 Å². The lowest BCUT2D eigenvalue weighted by Crippen LogP contribution is -2.33. The molecule has 1 heteroatoms. The van der Waals surface area contributed by atoms with Gasteiger partial charge in [-0.2, -0.15) is 0 Å². The molecule has 0 amide bonds. The van der Waals surface area contributed by atoms with E-state index in [0.717, 1.165) is 0 Å². The fourth-order valence-corrected chi connectivity index (χ4v) is 7.29. The van der Waals surface area contributed by atoms with Gasteiger partial charge in [0, 0.05) is 18.1 Å². The molecule has 0 aliphatic carbocycles. The number of hydrogen-bond donors (Lipinski definition) is 0. The normalized spacial score (nSPS) is 11.5. The summed E-state index contributed by atoms with van der Waals surface area (Å²) in [4.78, 5) is 0. The largest absolute Gasteiger partial charge is 0.205 e. The van der Waals surface area contributed by atoms with Crippen LogP contribution in [0.2, 0.25) is 0 Å². The van der Waals surface area contributed by atoms with E-state index >= 15 is 0 Å². The van der Waals surface area contributed by atoms with Crippen LogP contribution in [0.4, 0.5) is 0 Å². The maximum Gasteiger partial charge on any atom is 0.172 e. The van der Waals surface area contributed by atoms with Crippen molar-refractivity contribution in [3.63, 3.8) is 0 Å². The van der Waals surface area contributed by atoms with Gasteiger partial charge in [0.1, 0.15) is 6.54 Å². The second-order valence-corrected chi connectivity index (χ2v) is 15.2. The van der Waals surface area contributed by atoms with E-state index in [1.807, 2.05) is 0 Å². The molecule has 0 bridgehead atoms. The average Bonchev–Trinajstić information content (AvgIpc) is 3.07. The van der Waals surface area contributed by atoms with Gasteiger partial charge >= 0.3 is 0 Å². The third-order valence-corrected chi connectivity index (χ3v) is 10.6. The highest BCUT2D eigenvalue weighted by molar-refractivity contribution is 5.21. The lowest BCUT2D eigenvalue weighted by atomic mass is 9.97. The van der Waals surface area contributed by atoms with E-state index in [2.05, 4.69) is 43.8 Å². The molecule has 0 fully saturated rings. The minimum atomic E-state index is 1.18. The van der Waals surface area contributed by atoms with Crippen LogP contribution < -0.4 is 4.57 Å². The lowest BCUT2D eigenvalue weighted by molar-refractivity contribution is -0.697. The van der Waals surface area contributed by atoms with Crippen molar-refractivity contribution >= 4 is 0 Å². The van der Waals surface area contributed by atoms with Crippen molar-refractivity contribution in [2.45, 2.75) is 258 Å². The van der Waals surface area contributed by atoms with Crippen molar-refractivity contribution in [2.24, 2.45) is 0 Å². The zero-order chi connectivity index (χ0) is 33.0. The molecule has 0 N–H and O–H groups in total. The summed E-state index contributed by atoms with van der Waals surface area (Å²) >= 11 is 0. The van der Waals surface area contributed by atoms with Crippen LogP contribution in [0.25, 0.3) is 0 Å². The number of aryl methyl sites for hydroxylation is 3. The summed E-state index contributed by atoms with van der Waals surface area (Å²) in [6.45, 7) is 8.11. The van der Waals surface area contributed by atoms with Gasteiger partial charge < -0.3 is 0 Å². The van der Waals surface area contributed by atoms with E-state index < -0.39 is 0 Å². The Bertz CT molecular complexity index is 724. The van der Waals surface area contributed by atoms with Crippen LogP contribution in [-0.4, -0.2) is 0 Å². The third kappa shape index (κ3) is 28.2. The maximum atomic E-state index is 2.52. The second-order valence-electron chi connectivity index (χ2n) is 15.2. The van der Waals surface area contributed by atoms with Crippen LogP contribution in [0.15, 0.2) is 18.5 Å². The molecule has 0 spiro atoms. The predicted octanol–water partition coefficient (Wildman–Crippen LogP) is 15.4. The van der Waals surface area contributed by atoms with Crippen molar-refractivity contribution in [1.29, 1.82) is 0 Å². The van der Waals surface area contributed by atoms with E-state index in [1.165, 1.54) is 238 Å². The molecule has 1 aromatic rings. The van der Waals surface area contributed by atoms with E-state index in [9.17, 15) is 0 Å². The molecule has 0 unspecified atom stereocenters. The Morgan fingerprint density at radius 3 is 0.935 bits per heavy atom. The van der Waals surface area contributed by atoms with E-state index in [0.29, 0.717) is 0 Å². The zero-order valence-corrected chi connectivity index (χ0v) is 32.3. The molecular formula is C45H86N+. The Morgan fingerprint density at radius 2 is 0.609 bits per heavy atom. The van der Waals surface area contributed by atoms with Crippen molar-refractivity contribution < 1.29 is 4.57 Å². The van der Waals surface area contributed by atoms with Crippen LogP contribution >= 0.6 is 0 Å². The van der Waals surface area contributed by atoms with Gasteiger partial charge in [0.25, 0.3) is 0 Å². The third-order valence-electron chi connectivity index (χ3n) is 10.6. The summed E-state index contributed by atoms with van der Waals surface area (Å²) in [5.74, 6) is 0. The topological polar surface area (TPSA) is 3.88 Å². The predicted molar refractivity (Wildman–Crippen MR) is 208 cm³/mol. The highest BCUT2D eigenvalue weighted by Gasteiger charge is 2.10. The Balaban J connectivity index is 2.09. The molecule has 1 rings (SSSR count). The van der Waals surface area contributed by atoms with Gasteiger partial charge in [0.2, 0.25) is 0 Å². The molecule has 0 saturated carbocycles. The molecule has 0 aliphatic heterocycles. The Kier molecular flexibility index (Phi) is 33.3. The second kappa shape index (κ2) is 35.5. The highest BCUT2D eigenvalue weighted by Crippen LogP contribution is 2.18. The highest BCUT2D eigenvalue weighted by atomic mass is 14.9. The standard InChI is InChI=1S/C45H86N/c1-4-7-10-12-14-16-18-20-22-24-26-28-30-32-34-36-38-44-40-42-46(41-9-6-3)43-45(44)39-37-35-33-31-29-27-25-23-21-19-17-15-13-11-8-5-2/h40,42-43H,4-39,41H2,1-3H3/q+1. The van der Waals surface area contributed by atoms with Crippen LogP contribution in [0.1, 0.15) is 250 Å². The van der Waals surface area contributed by atoms with Gasteiger partial charge in [-0.05, 0) is 31.2 Å². The van der Waals surface area contributed by atoms with Crippen LogP contribution in [0.3, 0.4) is 0 Å². The molecule has 0 saturated heterocycles. The average molecular weight is 641 g/mol. The number of pyridine rings is 1. The molecule has 0 aromatic carbocycles. The molecule has 1 heterocycles. The van der Waals surface area contributed by atoms with E-state index in [-0.39, 0.29) is 0 Å². The van der Waals surface area contributed by atoms with Crippen molar-refractivity contribution in [3.8, 4) is 0 Å². The first kappa shape index (κ1) is 43.2. The summed E-state index contributed by atoms with van der Waals surface area (Å²) in [7, 11) is 0. The first-order valence-corrected chi connectivity index (χ1v) is 21.8. The molecule has 0 aliphatic rings. The van der Waals surface area contributed by atoms with Gasteiger partial charge in [-0.3, -0.25) is 0 Å². The quantitative estimate of drug-likeness (QED) is 0.0503. The molecular weight excluding hydrogens is 555 g/mol. The Hall–Kier alpha value is -0.850. The number of aromatic nitrogens is 1. The van der Waals surface area contributed by atoms with E-state index in [1.54, 1.807) is 11.1 Å². The van der Waals surface area contributed by atoms with Crippen LogP contribution in [-0.2, 0) is 19.4 Å². The van der Waals surface area contributed by atoms with Crippen LogP contribution in [0, 0.1) is 0 Å². The summed E-state index contributed by atoms with van der Waals surface area (Å²) in [6, 6.07) is 2.47. The summed E-state index contributed by atoms with van der Waals surface area (Å²) in [6.07, 6.45) is 56.5. The number of nitrogens with zero attached hydrogens (tertiary/aromatic N) is 1. The van der Waals surface area contributed by atoms with Gasteiger partial charge in [0.15, 0.2) is 12.4 Å². The first-order chi connectivity index (χ1) is 22.8. The van der Waals surface area contributed by atoms with Gasteiger partial charge in [-0.25, -0.2) is 4.57 Å². The molecule has 0 radical (unpaired) electrons. The fraction of sp³-hybridized carbons (Fsp3) is 0.889. The molecule has 0 atom stereocenters. The van der Waals surface area contributed by atoms with Gasteiger partial charge in [-0.15, -0.1) is 0 Å². The molecule has 1 aromatic heterocycles. The number of rotatable bonds is 37. The number of unbranched alkanes of at least 4 members (excludes halogenated alkanes) is 31. The SMILES string of the molecule is CCCCCCCCCCCCCCCCCCc1cc[n+](CCCC)cc1CCCCCCCCCCCCCCCCCC. The summed E-state index contributed by atoms with van der Waals surface area (Å²) in [5.41, 5.74) is 3.31. The van der Waals surface area contributed by atoms with Crippen molar-refractivity contribution in [2.75, 3.05) is 0 Å².